The van der Waals surface area contributed by atoms with Gasteiger partial charge in [0, 0.05) is 12.6 Å². The minimum Gasteiger partial charge on any atom is -0.314 e. The van der Waals surface area contributed by atoms with Crippen molar-refractivity contribution < 1.29 is 0 Å². The van der Waals surface area contributed by atoms with E-state index in [1.807, 2.05) is 0 Å². The number of benzene rings is 1. The average molecular weight is 260 g/mol. The first-order valence-corrected chi connectivity index (χ1v) is 7.69. The Kier molecular flexibility index (Phi) is 5.41. The van der Waals surface area contributed by atoms with Crippen molar-refractivity contribution in [2.75, 3.05) is 19.6 Å². The molecule has 2 nitrogen and oxygen atoms in total. The van der Waals surface area contributed by atoms with Crippen molar-refractivity contribution in [2.24, 2.45) is 0 Å². The fourth-order valence-electron chi connectivity index (χ4n) is 2.67. The van der Waals surface area contributed by atoms with Gasteiger partial charge in [-0.1, -0.05) is 38.1 Å². The van der Waals surface area contributed by atoms with Crippen LogP contribution in [0.15, 0.2) is 24.3 Å². The van der Waals surface area contributed by atoms with Crippen LogP contribution in [0, 0.1) is 0 Å². The highest BCUT2D eigenvalue weighted by atomic mass is 15.1. The Morgan fingerprint density at radius 3 is 2.63 bits per heavy atom. The van der Waals surface area contributed by atoms with Crippen LogP contribution in [-0.4, -0.2) is 30.6 Å². The van der Waals surface area contributed by atoms with Crippen molar-refractivity contribution in [3.05, 3.63) is 35.4 Å². The predicted octanol–water partition coefficient (Wildman–Crippen LogP) is 3.38. The SMILES string of the molecule is CC1CCN(Cc2ccc(C(C)C)cc2)CCCN1. The Balaban J connectivity index is 1.91. The van der Waals surface area contributed by atoms with Crippen LogP contribution in [0.5, 0.6) is 0 Å². The molecule has 0 saturated carbocycles. The first kappa shape index (κ1) is 14.5. The summed E-state index contributed by atoms with van der Waals surface area (Å²) in [6.45, 7) is 11.5. The van der Waals surface area contributed by atoms with E-state index in [1.165, 1.54) is 37.1 Å². The molecule has 1 aromatic carbocycles. The van der Waals surface area contributed by atoms with E-state index in [-0.39, 0.29) is 0 Å². The smallest absolute Gasteiger partial charge is 0.0233 e. The van der Waals surface area contributed by atoms with Crippen LogP contribution in [0.1, 0.15) is 50.7 Å². The molecule has 1 heterocycles. The third-order valence-corrected chi connectivity index (χ3v) is 4.07. The summed E-state index contributed by atoms with van der Waals surface area (Å²) in [4.78, 5) is 2.60. The molecule has 1 atom stereocenters. The van der Waals surface area contributed by atoms with Crippen LogP contribution in [-0.2, 0) is 6.54 Å². The van der Waals surface area contributed by atoms with Gasteiger partial charge in [0.05, 0.1) is 0 Å². The molecular formula is C17H28N2. The van der Waals surface area contributed by atoms with E-state index in [0.717, 1.165) is 13.1 Å². The summed E-state index contributed by atoms with van der Waals surface area (Å²) in [5.41, 5.74) is 2.89. The Bertz CT molecular complexity index is 369. The summed E-state index contributed by atoms with van der Waals surface area (Å²) < 4.78 is 0. The van der Waals surface area contributed by atoms with Crippen molar-refractivity contribution >= 4 is 0 Å². The molecule has 0 bridgehead atoms. The molecule has 106 valence electrons. The molecule has 0 aliphatic carbocycles. The number of nitrogens with zero attached hydrogens (tertiary/aromatic N) is 1. The highest BCUT2D eigenvalue weighted by Crippen LogP contribution is 2.16. The van der Waals surface area contributed by atoms with E-state index >= 15 is 0 Å². The van der Waals surface area contributed by atoms with Gasteiger partial charge in [-0.25, -0.2) is 0 Å². The Morgan fingerprint density at radius 2 is 1.95 bits per heavy atom. The number of hydrogen-bond donors (Lipinski definition) is 1. The van der Waals surface area contributed by atoms with Gasteiger partial charge in [-0.2, -0.15) is 0 Å². The van der Waals surface area contributed by atoms with Crippen molar-refractivity contribution in [1.82, 2.24) is 10.2 Å². The highest BCUT2D eigenvalue weighted by molar-refractivity contribution is 5.24. The van der Waals surface area contributed by atoms with Crippen LogP contribution in [0.2, 0.25) is 0 Å². The molecule has 1 saturated heterocycles. The molecule has 0 amide bonds. The average Bonchev–Trinajstić information content (AvgIpc) is 2.38. The zero-order valence-corrected chi connectivity index (χ0v) is 12.7. The second-order valence-electron chi connectivity index (χ2n) is 6.17. The molecule has 0 radical (unpaired) electrons. The van der Waals surface area contributed by atoms with E-state index in [2.05, 4.69) is 55.3 Å². The van der Waals surface area contributed by atoms with Gasteiger partial charge in [0.2, 0.25) is 0 Å². The van der Waals surface area contributed by atoms with Gasteiger partial charge in [-0.15, -0.1) is 0 Å². The lowest BCUT2D eigenvalue weighted by Crippen LogP contribution is -2.38. The molecule has 1 aromatic rings. The second-order valence-corrected chi connectivity index (χ2v) is 6.17. The molecule has 1 unspecified atom stereocenters. The molecule has 2 rings (SSSR count). The Labute approximate surface area is 118 Å². The summed E-state index contributed by atoms with van der Waals surface area (Å²) in [5, 5.41) is 3.56. The summed E-state index contributed by atoms with van der Waals surface area (Å²) in [6, 6.07) is 9.83. The summed E-state index contributed by atoms with van der Waals surface area (Å²) >= 11 is 0. The zero-order valence-electron chi connectivity index (χ0n) is 12.7. The fraction of sp³-hybridized carbons (Fsp3) is 0.647. The van der Waals surface area contributed by atoms with Crippen LogP contribution in [0.25, 0.3) is 0 Å². The molecular weight excluding hydrogens is 232 g/mol. The van der Waals surface area contributed by atoms with Crippen LogP contribution in [0.4, 0.5) is 0 Å². The van der Waals surface area contributed by atoms with E-state index in [9.17, 15) is 0 Å². The van der Waals surface area contributed by atoms with Gasteiger partial charge < -0.3 is 5.32 Å². The second kappa shape index (κ2) is 7.06. The topological polar surface area (TPSA) is 15.3 Å². The van der Waals surface area contributed by atoms with Gasteiger partial charge in [0.15, 0.2) is 0 Å². The largest absolute Gasteiger partial charge is 0.314 e. The lowest BCUT2D eigenvalue weighted by atomic mass is 10.0. The molecule has 2 heteroatoms. The third-order valence-electron chi connectivity index (χ3n) is 4.07. The van der Waals surface area contributed by atoms with E-state index in [0.29, 0.717) is 12.0 Å². The van der Waals surface area contributed by atoms with Crippen molar-refractivity contribution in [3.63, 3.8) is 0 Å². The standard InChI is InChI=1S/C17H28N2/c1-14(2)17-7-5-16(6-8-17)13-19-11-4-10-18-15(3)9-12-19/h5-8,14-15,18H,4,9-13H2,1-3H3. The maximum Gasteiger partial charge on any atom is 0.0233 e. The van der Waals surface area contributed by atoms with Gasteiger partial charge in [-0.3, -0.25) is 4.90 Å². The molecule has 1 N–H and O–H groups in total. The van der Waals surface area contributed by atoms with E-state index in [4.69, 9.17) is 0 Å². The number of rotatable bonds is 3. The third kappa shape index (κ3) is 4.63. The first-order chi connectivity index (χ1) is 9.15. The van der Waals surface area contributed by atoms with Gasteiger partial charge >= 0.3 is 0 Å². The minimum absolute atomic E-state index is 0.627. The lowest BCUT2D eigenvalue weighted by Gasteiger charge is -2.27. The zero-order chi connectivity index (χ0) is 13.7. The quantitative estimate of drug-likeness (QED) is 0.896. The van der Waals surface area contributed by atoms with Gasteiger partial charge in [-0.05, 0) is 56.4 Å². The molecule has 1 aliphatic heterocycles. The molecule has 1 fully saturated rings. The predicted molar refractivity (Wildman–Crippen MR) is 82.5 cm³/mol. The maximum atomic E-state index is 3.56. The van der Waals surface area contributed by atoms with Gasteiger partial charge in [0.1, 0.15) is 0 Å². The Hall–Kier alpha value is -0.860. The van der Waals surface area contributed by atoms with Gasteiger partial charge in [0.25, 0.3) is 0 Å². The highest BCUT2D eigenvalue weighted by Gasteiger charge is 2.12. The van der Waals surface area contributed by atoms with E-state index in [1.54, 1.807) is 0 Å². The molecule has 19 heavy (non-hydrogen) atoms. The summed E-state index contributed by atoms with van der Waals surface area (Å²) in [5.74, 6) is 0.627. The van der Waals surface area contributed by atoms with Crippen molar-refractivity contribution in [3.8, 4) is 0 Å². The summed E-state index contributed by atoms with van der Waals surface area (Å²) in [7, 11) is 0. The molecule has 0 spiro atoms. The van der Waals surface area contributed by atoms with Crippen molar-refractivity contribution in [1.29, 1.82) is 0 Å². The van der Waals surface area contributed by atoms with E-state index < -0.39 is 0 Å². The molecule has 0 aromatic heterocycles. The lowest BCUT2D eigenvalue weighted by molar-refractivity contribution is 0.229. The molecule has 1 aliphatic rings. The minimum atomic E-state index is 0.627. The van der Waals surface area contributed by atoms with Crippen LogP contribution in [0.3, 0.4) is 0 Å². The normalized spacial score (nSPS) is 22.2. The Morgan fingerprint density at radius 1 is 1.21 bits per heavy atom. The monoisotopic (exact) mass is 260 g/mol. The van der Waals surface area contributed by atoms with Crippen LogP contribution >= 0.6 is 0 Å². The number of nitrogens with one attached hydrogen (secondary N) is 1. The van der Waals surface area contributed by atoms with Crippen molar-refractivity contribution in [2.45, 2.75) is 52.1 Å². The number of hydrogen-bond acceptors (Lipinski definition) is 2. The van der Waals surface area contributed by atoms with Crippen LogP contribution < -0.4 is 5.32 Å². The maximum absolute atomic E-state index is 3.56. The summed E-state index contributed by atoms with van der Waals surface area (Å²) in [6.07, 6.45) is 2.51. The first-order valence-electron chi connectivity index (χ1n) is 7.69. The fourth-order valence-corrected chi connectivity index (χ4v) is 2.67.